The Hall–Kier alpha value is -1.85. The van der Waals surface area contributed by atoms with Gasteiger partial charge in [-0.3, -0.25) is 9.69 Å². The summed E-state index contributed by atoms with van der Waals surface area (Å²) < 4.78 is 6.62. The Bertz CT molecular complexity index is 661. The van der Waals surface area contributed by atoms with Crippen molar-refractivity contribution in [3.8, 4) is 5.75 Å². The molecule has 2 rings (SSSR count). The van der Waals surface area contributed by atoms with E-state index in [0.717, 1.165) is 21.5 Å². The highest BCUT2D eigenvalue weighted by Gasteiger charge is 2.09. The van der Waals surface area contributed by atoms with Crippen LogP contribution in [0, 0.1) is 6.92 Å². The summed E-state index contributed by atoms with van der Waals surface area (Å²) in [5.41, 5.74) is 1.89. The van der Waals surface area contributed by atoms with E-state index in [1.165, 1.54) is 0 Å². The third kappa shape index (κ3) is 5.69. The fourth-order valence-corrected chi connectivity index (χ4v) is 2.49. The number of para-hydroxylation sites is 2. The molecule has 23 heavy (non-hydrogen) atoms. The number of hydrogen-bond donors (Lipinski definition) is 1. The van der Waals surface area contributed by atoms with Crippen molar-refractivity contribution in [2.45, 2.75) is 6.92 Å². The lowest BCUT2D eigenvalue weighted by Gasteiger charge is -2.17. The van der Waals surface area contributed by atoms with Gasteiger partial charge in [-0.1, -0.05) is 30.3 Å². The Morgan fingerprint density at radius 1 is 1.17 bits per heavy atom. The summed E-state index contributed by atoms with van der Waals surface area (Å²) in [7, 11) is 1.90. The molecule has 0 aliphatic heterocycles. The van der Waals surface area contributed by atoms with Gasteiger partial charge in [0.25, 0.3) is 0 Å². The van der Waals surface area contributed by atoms with Crippen molar-refractivity contribution < 1.29 is 9.53 Å². The van der Waals surface area contributed by atoms with E-state index >= 15 is 0 Å². The van der Waals surface area contributed by atoms with E-state index in [-0.39, 0.29) is 5.91 Å². The quantitative estimate of drug-likeness (QED) is 0.800. The summed E-state index contributed by atoms with van der Waals surface area (Å²) in [6.45, 7) is 3.56. The van der Waals surface area contributed by atoms with Crippen LogP contribution in [0.1, 0.15) is 5.56 Å². The summed E-state index contributed by atoms with van der Waals surface area (Å²) >= 11 is 3.42. The highest BCUT2D eigenvalue weighted by Crippen LogP contribution is 2.21. The Balaban J connectivity index is 1.74. The number of amides is 1. The molecular weight excluding hydrogens is 356 g/mol. The number of nitrogens with one attached hydrogen (secondary N) is 1. The maximum Gasteiger partial charge on any atom is 0.238 e. The van der Waals surface area contributed by atoms with Crippen LogP contribution in [0.2, 0.25) is 0 Å². The zero-order valence-corrected chi connectivity index (χ0v) is 15.0. The molecule has 4 nitrogen and oxygen atoms in total. The van der Waals surface area contributed by atoms with Crippen LogP contribution in [0.25, 0.3) is 0 Å². The number of ether oxygens (including phenoxy) is 1. The van der Waals surface area contributed by atoms with Crippen LogP contribution < -0.4 is 10.1 Å². The van der Waals surface area contributed by atoms with E-state index in [0.29, 0.717) is 19.7 Å². The molecule has 122 valence electrons. The zero-order chi connectivity index (χ0) is 16.7. The average molecular weight is 377 g/mol. The second-order valence-corrected chi connectivity index (χ2v) is 6.23. The van der Waals surface area contributed by atoms with Crippen molar-refractivity contribution in [2.75, 3.05) is 32.1 Å². The molecule has 0 saturated heterocycles. The van der Waals surface area contributed by atoms with Crippen molar-refractivity contribution in [2.24, 2.45) is 0 Å². The number of aryl methyl sites for hydroxylation is 1. The van der Waals surface area contributed by atoms with Crippen molar-refractivity contribution in [1.82, 2.24) is 4.90 Å². The predicted molar refractivity (Wildman–Crippen MR) is 96.9 cm³/mol. The number of nitrogens with zero attached hydrogens (tertiary/aromatic N) is 1. The van der Waals surface area contributed by atoms with E-state index in [1.807, 2.05) is 67.4 Å². The Morgan fingerprint density at radius 3 is 2.61 bits per heavy atom. The van der Waals surface area contributed by atoms with E-state index < -0.39 is 0 Å². The summed E-state index contributed by atoms with van der Waals surface area (Å²) in [6, 6.07) is 15.5. The van der Waals surface area contributed by atoms with Crippen molar-refractivity contribution in [3.63, 3.8) is 0 Å². The number of halogens is 1. The van der Waals surface area contributed by atoms with Crippen molar-refractivity contribution in [1.29, 1.82) is 0 Å². The molecule has 0 bridgehead atoms. The number of carbonyl (C=O) groups excluding carboxylic acids is 1. The van der Waals surface area contributed by atoms with Crippen LogP contribution in [0.5, 0.6) is 5.75 Å². The first-order valence-electron chi connectivity index (χ1n) is 7.47. The van der Waals surface area contributed by atoms with Gasteiger partial charge in [0.05, 0.1) is 12.2 Å². The van der Waals surface area contributed by atoms with Gasteiger partial charge >= 0.3 is 0 Å². The number of anilines is 1. The van der Waals surface area contributed by atoms with Gasteiger partial charge in [-0.2, -0.15) is 0 Å². The lowest BCUT2D eigenvalue weighted by molar-refractivity contribution is -0.117. The van der Waals surface area contributed by atoms with Crippen LogP contribution in [0.15, 0.2) is 53.0 Å². The molecule has 0 unspecified atom stereocenters. The standard InChI is InChI=1S/C18H21BrN2O2/c1-14-7-3-6-10-17(14)23-12-11-21(2)13-18(22)20-16-9-5-4-8-15(16)19/h3-10H,11-13H2,1-2H3,(H,20,22). The van der Waals surface area contributed by atoms with Gasteiger partial charge in [-0.15, -0.1) is 0 Å². The zero-order valence-electron chi connectivity index (χ0n) is 13.4. The highest BCUT2D eigenvalue weighted by molar-refractivity contribution is 9.10. The van der Waals surface area contributed by atoms with Gasteiger partial charge in [0.15, 0.2) is 0 Å². The highest BCUT2D eigenvalue weighted by atomic mass is 79.9. The van der Waals surface area contributed by atoms with Crippen LogP contribution in [-0.2, 0) is 4.79 Å². The summed E-state index contributed by atoms with van der Waals surface area (Å²) in [6.07, 6.45) is 0. The normalized spacial score (nSPS) is 10.6. The third-order valence-electron chi connectivity index (χ3n) is 3.39. The van der Waals surface area contributed by atoms with E-state index in [4.69, 9.17) is 4.74 Å². The maximum absolute atomic E-state index is 12.0. The van der Waals surface area contributed by atoms with Crippen molar-refractivity contribution in [3.05, 3.63) is 58.6 Å². The minimum absolute atomic E-state index is 0.0460. The second kappa shape index (κ2) is 8.70. The summed E-state index contributed by atoms with van der Waals surface area (Å²) in [5.74, 6) is 0.842. The molecule has 1 N–H and O–H groups in total. The molecule has 5 heteroatoms. The molecular formula is C18H21BrN2O2. The lowest BCUT2D eigenvalue weighted by atomic mass is 10.2. The Morgan fingerprint density at radius 2 is 1.87 bits per heavy atom. The largest absolute Gasteiger partial charge is 0.492 e. The van der Waals surface area contributed by atoms with Crippen molar-refractivity contribution >= 4 is 27.5 Å². The van der Waals surface area contributed by atoms with E-state index in [1.54, 1.807) is 0 Å². The van der Waals surface area contributed by atoms with Gasteiger partial charge in [0.2, 0.25) is 5.91 Å². The summed E-state index contributed by atoms with van der Waals surface area (Å²) in [5, 5.41) is 2.89. The predicted octanol–water partition coefficient (Wildman–Crippen LogP) is 3.71. The van der Waals surface area contributed by atoms with Crippen LogP contribution in [-0.4, -0.2) is 37.6 Å². The summed E-state index contributed by atoms with van der Waals surface area (Å²) in [4.78, 5) is 14.0. The van der Waals surface area contributed by atoms with E-state index in [9.17, 15) is 4.79 Å². The average Bonchev–Trinajstić information content (AvgIpc) is 2.51. The molecule has 0 aliphatic carbocycles. The molecule has 0 spiro atoms. The van der Waals surface area contributed by atoms with Gasteiger partial charge < -0.3 is 10.1 Å². The number of rotatable bonds is 7. The van der Waals surface area contributed by atoms with Gasteiger partial charge in [0.1, 0.15) is 12.4 Å². The minimum atomic E-state index is -0.0460. The van der Waals surface area contributed by atoms with Gasteiger partial charge in [-0.25, -0.2) is 0 Å². The number of carbonyl (C=O) groups is 1. The third-order valence-corrected chi connectivity index (χ3v) is 4.08. The molecule has 0 aromatic heterocycles. The van der Waals surface area contributed by atoms with Crippen LogP contribution in [0.4, 0.5) is 5.69 Å². The monoisotopic (exact) mass is 376 g/mol. The molecule has 0 aliphatic rings. The maximum atomic E-state index is 12.0. The molecule has 0 fully saturated rings. The molecule has 0 heterocycles. The SMILES string of the molecule is Cc1ccccc1OCCN(C)CC(=O)Nc1ccccc1Br. The molecule has 0 atom stereocenters. The molecule has 2 aromatic rings. The first-order valence-corrected chi connectivity index (χ1v) is 8.27. The fourth-order valence-electron chi connectivity index (χ4n) is 2.11. The fraction of sp³-hybridized carbons (Fsp3) is 0.278. The molecule has 0 radical (unpaired) electrons. The smallest absolute Gasteiger partial charge is 0.238 e. The first kappa shape index (κ1) is 17.5. The second-order valence-electron chi connectivity index (χ2n) is 5.38. The van der Waals surface area contributed by atoms with Crippen LogP contribution >= 0.6 is 15.9 Å². The van der Waals surface area contributed by atoms with E-state index in [2.05, 4.69) is 21.2 Å². The topological polar surface area (TPSA) is 41.6 Å². The van der Waals surface area contributed by atoms with Crippen LogP contribution in [0.3, 0.4) is 0 Å². The number of hydrogen-bond acceptors (Lipinski definition) is 3. The Labute approximate surface area is 145 Å². The van der Waals surface area contributed by atoms with Gasteiger partial charge in [0, 0.05) is 11.0 Å². The van der Waals surface area contributed by atoms with Gasteiger partial charge in [-0.05, 0) is 53.7 Å². The lowest BCUT2D eigenvalue weighted by Crippen LogP contribution is -2.33. The number of likely N-dealkylation sites (N-methyl/N-ethyl adjacent to an activating group) is 1. The molecule has 2 aromatic carbocycles. The molecule has 0 saturated carbocycles. The minimum Gasteiger partial charge on any atom is -0.492 e. The number of benzene rings is 2. The Kier molecular flexibility index (Phi) is 6.62. The first-order chi connectivity index (χ1) is 11.1. The molecule has 1 amide bonds.